The smallest absolute Gasteiger partial charge is 0.394 e. The van der Waals surface area contributed by atoms with E-state index in [9.17, 15) is 14.7 Å². The Morgan fingerprint density at radius 1 is 1.36 bits per heavy atom. The van der Waals surface area contributed by atoms with Crippen molar-refractivity contribution in [3.05, 3.63) is 0 Å². The number of rotatable bonds is 1. The molecule has 1 aliphatic rings. The first kappa shape index (κ1) is 11.0. The lowest BCUT2D eigenvalue weighted by Gasteiger charge is -2.32. The number of carbonyl (C=O) groups is 2. The van der Waals surface area contributed by atoms with Crippen LogP contribution in [0.15, 0.2) is 0 Å². The Hall–Kier alpha value is -1.10. The van der Waals surface area contributed by atoms with Crippen LogP contribution >= 0.6 is 0 Å². The first-order valence-corrected chi connectivity index (χ1v) is 4.72. The molecule has 1 aliphatic heterocycles. The van der Waals surface area contributed by atoms with Gasteiger partial charge in [0.25, 0.3) is 0 Å². The average molecular weight is 201 g/mol. The van der Waals surface area contributed by atoms with Gasteiger partial charge >= 0.3 is 11.9 Å². The molecule has 0 unspecified atom stereocenters. The van der Waals surface area contributed by atoms with E-state index in [1.54, 1.807) is 6.92 Å². The third-order valence-electron chi connectivity index (χ3n) is 2.69. The molecule has 0 aliphatic carbocycles. The highest BCUT2D eigenvalue weighted by molar-refractivity contribution is 6.31. The summed E-state index contributed by atoms with van der Waals surface area (Å²) in [6, 6.07) is 0. The third kappa shape index (κ3) is 2.45. The molecule has 0 aromatic carbocycles. The maximum Gasteiger partial charge on any atom is 0.394 e. The van der Waals surface area contributed by atoms with E-state index in [0.717, 1.165) is 0 Å². The van der Waals surface area contributed by atoms with Gasteiger partial charge in [-0.2, -0.15) is 0 Å². The molecule has 1 atom stereocenters. The zero-order chi connectivity index (χ0) is 10.7. The lowest BCUT2D eigenvalue weighted by molar-refractivity contribution is -0.156. The second kappa shape index (κ2) is 4.41. The highest BCUT2D eigenvalue weighted by atomic mass is 16.4. The van der Waals surface area contributed by atoms with E-state index in [1.807, 2.05) is 0 Å². The fraction of sp³-hybridized carbons (Fsp3) is 0.778. The molecule has 0 spiro atoms. The normalized spacial score (nSPS) is 20.6. The number of nitrogens with zero attached hydrogens (tertiary/aromatic N) is 1. The summed E-state index contributed by atoms with van der Waals surface area (Å²) in [6.07, 6.45) is 0.977. The SMILES string of the molecule is C[C@H](O)C1CCN(C(=O)C(=O)O)CC1. The molecular weight excluding hydrogens is 186 g/mol. The molecule has 1 fully saturated rings. The molecule has 1 heterocycles. The Bertz CT molecular complexity index is 231. The topological polar surface area (TPSA) is 77.8 Å². The van der Waals surface area contributed by atoms with E-state index in [0.29, 0.717) is 25.9 Å². The zero-order valence-electron chi connectivity index (χ0n) is 8.14. The summed E-state index contributed by atoms with van der Waals surface area (Å²) < 4.78 is 0. The molecule has 14 heavy (non-hydrogen) atoms. The number of piperidine rings is 1. The third-order valence-corrected chi connectivity index (χ3v) is 2.69. The predicted octanol–water partition coefficient (Wildman–Crippen LogP) is -0.310. The summed E-state index contributed by atoms with van der Waals surface area (Å²) in [6.45, 7) is 2.58. The molecule has 1 rings (SSSR count). The number of aliphatic hydroxyl groups is 1. The highest BCUT2D eigenvalue weighted by Gasteiger charge is 2.28. The zero-order valence-corrected chi connectivity index (χ0v) is 8.14. The number of carbonyl (C=O) groups excluding carboxylic acids is 1. The first-order chi connectivity index (χ1) is 6.52. The minimum atomic E-state index is -1.40. The average Bonchev–Trinajstić information content (AvgIpc) is 2.16. The van der Waals surface area contributed by atoms with Gasteiger partial charge in [0.1, 0.15) is 0 Å². The van der Waals surface area contributed by atoms with Crippen molar-refractivity contribution in [3.63, 3.8) is 0 Å². The Morgan fingerprint density at radius 3 is 2.21 bits per heavy atom. The maximum absolute atomic E-state index is 11.0. The van der Waals surface area contributed by atoms with Crippen LogP contribution in [0.1, 0.15) is 19.8 Å². The van der Waals surface area contributed by atoms with Crippen molar-refractivity contribution < 1.29 is 19.8 Å². The molecule has 0 bridgehead atoms. The van der Waals surface area contributed by atoms with Gasteiger partial charge in [-0.25, -0.2) is 4.79 Å². The summed E-state index contributed by atoms with van der Waals surface area (Å²) in [5.74, 6) is -2.05. The number of carboxylic acids is 1. The van der Waals surface area contributed by atoms with E-state index in [1.165, 1.54) is 4.90 Å². The van der Waals surface area contributed by atoms with E-state index in [2.05, 4.69) is 0 Å². The standard InChI is InChI=1S/C9H15NO4/c1-6(11)7-2-4-10(5-3-7)8(12)9(13)14/h6-7,11H,2-5H2,1H3,(H,13,14)/t6-/m0/s1. The predicted molar refractivity (Wildman–Crippen MR) is 48.6 cm³/mol. The molecule has 0 saturated carbocycles. The van der Waals surface area contributed by atoms with Crippen LogP contribution < -0.4 is 0 Å². The summed E-state index contributed by atoms with van der Waals surface area (Å²) in [7, 11) is 0. The van der Waals surface area contributed by atoms with Crippen LogP contribution in [-0.2, 0) is 9.59 Å². The van der Waals surface area contributed by atoms with Gasteiger partial charge in [-0.15, -0.1) is 0 Å². The van der Waals surface area contributed by atoms with Crippen LogP contribution in [0.4, 0.5) is 0 Å². The number of carboxylic acid groups (broad SMARTS) is 1. The Morgan fingerprint density at radius 2 is 1.86 bits per heavy atom. The van der Waals surface area contributed by atoms with Crippen molar-refractivity contribution in [2.75, 3.05) is 13.1 Å². The number of amides is 1. The summed E-state index contributed by atoms with van der Waals surface area (Å²) >= 11 is 0. The number of likely N-dealkylation sites (tertiary alicyclic amines) is 1. The van der Waals surface area contributed by atoms with Crippen LogP contribution in [0.25, 0.3) is 0 Å². The Kier molecular flexibility index (Phi) is 3.46. The molecule has 1 saturated heterocycles. The Balaban J connectivity index is 2.43. The number of hydrogen-bond donors (Lipinski definition) is 2. The number of aliphatic carboxylic acids is 1. The summed E-state index contributed by atoms with van der Waals surface area (Å²) in [5, 5.41) is 17.8. The molecule has 5 heteroatoms. The fourth-order valence-corrected chi connectivity index (χ4v) is 1.72. The van der Waals surface area contributed by atoms with Crippen LogP contribution in [0.3, 0.4) is 0 Å². The van der Waals surface area contributed by atoms with Crippen molar-refractivity contribution in [3.8, 4) is 0 Å². The maximum atomic E-state index is 11.0. The lowest BCUT2D eigenvalue weighted by atomic mass is 9.92. The van der Waals surface area contributed by atoms with Crippen molar-refractivity contribution in [2.45, 2.75) is 25.9 Å². The van der Waals surface area contributed by atoms with Crippen molar-refractivity contribution in [2.24, 2.45) is 5.92 Å². The van der Waals surface area contributed by atoms with Crippen LogP contribution in [0, 0.1) is 5.92 Å². The van der Waals surface area contributed by atoms with E-state index >= 15 is 0 Å². The minimum Gasteiger partial charge on any atom is -0.474 e. The molecule has 2 N–H and O–H groups in total. The summed E-state index contributed by atoms with van der Waals surface area (Å²) in [4.78, 5) is 22.7. The van der Waals surface area contributed by atoms with Crippen molar-refractivity contribution >= 4 is 11.9 Å². The van der Waals surface area contributed by atoms with Gasteiger partial charge in [0.2, 0.25) is 0 Å². The van der Waals surface area contributed by atoms with Gasteiger partial charge in [-0.05, 0) is 25.7 Å². The van der Waals surface area contributed by atoms with Gasteiger partial charge in [0.15, 0.2) is 0 Å². The molecular formula is C9H15NO4. The number of aliphatic hydroxyl groups excluding tert-OH is 1. The van der Waals surface area contributed by atoms with Gasteiger partial charge in [-0.1, -0.05) is 0 Å². The van der Waals surface area contributed by atoms with E-state index in [4.69, 9.17) is 5.11 Å². The molecule has 1 amide bonds. The van der Waals surface area contributed by atoms with E-state index in [-0.39, 0.29) is 12.0 Å². The van der Waals surface area contributed by atoms with Gasteiger partial charge in [-0.3, -0.25) is 4.79 Å². The molecule has 0 aromatic heterocycles. The molecule has 80 valence electrons. The van der Waals surface area contributed by atoms with Gasteiger partial charge in [0.05, 0.1) is 6.10 Å². The molecule has 0 aromatic rings. The largest absolute Gasteiger partial charge is 0.474 e. The lowest BCUT2D eigenvalue weighted by Crippen LogP contribution is -2.43. The van der Waals surface area contributed by atoms with Crippen molar-refractivity contribution in [1.82, 2.24) is 4.90 Å². The summed E-state index contributed by atoms with van der Waals surface area (Å²) in [5.41, 5.74) is 0. The van der Waals surface area contributed by atoms with Crippen LogP contribution in [0.2, 0.25) is 0 Å². The quantitative estimate of drug-likeness (QED) is 0.570. The van der Waals surface area contributed by atoms with Crippen LogP contribution in [0.5, 0.6) is 0 Å². The number of hydrogen-bond acceptors (Lipinski definition) is 3. The molecule has 5 nitrogen and oxygen atoms in total. The second-order valence-corrected chi connectivity index (χ2v) is 3.68. The monoisotopic (exact) mass is 201 g/mol. The molecule has 0 radical (unpaired) electrons. The fourth-order valence-electron chi connectivity index (χ4n) is 1.72. The van der Waals surface area contributed by atoms with Gasteiger partial charge < -0.3 is 15.1 Å². The second-order valence-electron chi connectivity index (χ2n) is 3.68. The first-order valence-electron chi connectivity index (χ1n) is 4.72. The van der Waals surface area contributed by atoms with Crippen LogP contribution in [-0.4, -0.2) is 46.2 Å². The Labute approximate surface area is 82.3 Å². The van der Waals surface area contributed by atoms with Gasteiger partial charge in [0, 0.05) is 13.1 Å². The minimum absolute atomic E-state index is 0.188. The van der Waals surface area contributed by atoms with Crippen molar-refractivity contribution in [1.29, 1.82) is 0 Å². The van der Waals surface area contributed by atoms with E-state index < -0.39 is 11.9 Å². The highest BCUT2D eigenvalue weighted by Crippen LogP contribution is 2.20.